The first-order chi connectivity index (χ1) is 7.43. The van der Waals surface area contributed by atoms with E-state index in [1.807, 2.05) is 6.20 Å². The van der Waals surface area contributed by atoms with Crippen molar-refractivity contribution >= 4 is 5.69 Å². The van der Waals surface area contributed by atoms with Crippen LogP contribution in [0.1, 0.15) is 11.3 Å². The van der Waals surface area contributed by atoms with Gasteiger partial charge in [0.15, 0.2) is 0 Å². The number of hydrogen-bond acceptors (Lipinski definition) is 1. The number of hydrogen-bond donors (Lipinski definition) is 1. The van der Waals surface area contributed by atoms with E-state index in [1.165, 1.54) is 16.9 Å². The molecule has 0 unspecified atom stereocenters. The van der Waals surface area contributed by atoms with Gasteiger partial charge in [-0.2, -0.15) is 0 Å². The Bertz CT molecular complexity index is 445. The van der Waals surface area contributed by atoms with Gasteiger partial charge in [0.2, 0.25) is 0 Å². The molecule has 2 nitrogen and oxygen atoms in total. The van der Waals surface area contributed by atoms with E-state index in [9.17, 15) is 0 Å². The third-order valence-electron chi connectivity index (χ3n) is 3.04. The van der Waals surface area contributed by atoms with Crippen molar-refractivity contribution in [3.8, 4) is 0 Å². The monoisotopic (exact) mass is 198 g/mol. The Morgan fingerprint density at radius 3 is 2.80 bits per heavy atom. The van der Waals surface area contributed by atoms with E-state index in [-0.39, 0.29) is 0 Å². The van der Waals surface area contributed by atoms with E-state index in [2.05, 4.69) is 46.3 Å². The Kier molecular flexibility index (Phi) is 1.98. The lowest BCUT2D eigenvalue weighted by atomic mass is 10.1. The lowest BCUT2D eigenvalue weighted by molar-refractivity contribution is 0.723. The van der Waals surface area contributed by atoms with Crippen LogP contribution in [0.4, 0.5) is 5.69 Å². The lowest BCUT2D eigenvalue weighted by Gasteiger charge is -2.28. The molecule has 15 heavy (non-hydrogen) atoms. The predicted octanol–water partition coefficient (Wildman–Crippen LogP) is 2.58. The van der Waals surface area contributed by atoms with Crippen LogP contribution in [0, 0.1) is 0 Å². The van der Waals surface area contributed by atoms with Crippen LogP contribution in [0.5, 0.6) is 0 Å². The largest absolute Gasteiger partial charge is 0.367 e. The highest BCUT2D eigenvalue weighted by atomic mass is 15.1. The van der Waals surface area contributed by atoms with Crippen LogP contribution in [0.2, 0.25) is 0 Å². The van der Waals surface area contributed by atoms with Gasteiger partial charge in [-0.05, 0) is 23.8 Å². The first-order valence-corrected chi connectivity index (χ1v) is 5.38. The summed E-state index contributed by atoms with van der Waals surface area (Å²) in [6.07, 6.45) is 3.16. The fraction of sp³-hybridized carbons (Fsp3) is 0.231. The average Bonchev–Trinajstić information content (AvgIpc) is 2.77. The molecule has 0 amide bonds. The van der Waals surface area contributed by atoms with Gasteiger partial charge in [0.05, 0.1) is 0 Å². The second kappa shape index (κ2) is 3.46. The number of fused-ring (bicyclic) bond motifs is 1. The summed E-state index contributed by atoms with van der Waals surface area (Å²) in [7, 11) is 0. The Balaban J connectivity index is 1.88. The summed E-state index contributed by atoms with van der Waals surface area (Å²) in [6.45, 7) is 2.14. The van der Waals surface area contributed by atoms with Crippen molar-refractivity contribution in [3.05, 3.63) is 53.9 Å². The molecule has 76 valence electrons. The highest BCUT2D eigenvalue weighted by molar-refractivity contribution is 5.48. The lowest BCUT2D eigenvalue weighted by Crippen LogP contribution is -2.29. The minimum atomic E-state index is 1.03. The molecule has 3 rings (SSSR count). The van der Waals surface area contributed by atoms with Gasteiger partial charge in [-0.15, -0.1) is 0 Å². The second-order valence-electron chi connectivity index (χ2n) is 3.99. The summed E-state index contributed by atoms with van der Waals surface area (Å²) in [5, 5.41) is 0. The standard InChI is InChI=1S/C13H14N2/c1-2-4-12(5-3-1)15-9-7-13-11(10-15)6-8-14-13/h1-6,8,14H,7,9-10H2. The number of anilines is 1. The zero-order valence-electron chi connectivity index (χ0n) is 8.61. The minimum Gasteiger partial charge on any atom is -0.367 e. The van der Waals surface area contributed by atoms with Gasteiger partial charge >= 0.3 is 0 Å². The molecule has 1 N–H and O–H groups in total. The molecule has 0 aliphatic carbocycles. The van der Waals surface area contributed by atoms with Crippen LogP contribution in [0.15, 0.2) is 42.6 Å². The van der Waals surface area contributed by atoms with E-state index in [0.29, 0.717) is 0 Å². The Labute approximate surface area is 89.5 Å². The molecule has 0 fully saturated rings. The predicted molar refractivity (Wildman–Crippen MR) is 62.0 cm³/mol. The van der Waals surface area contributed by atoms with Gasteiger partial charge in [0, 0.05) is 37.1 Å². The van der Waals surface area contributed by atoms with Gasteiger partial charge in [0.25, 0.3) is 0 Å². The molecule has 1 aliphatic heterocycles. The number of nitrogens with zero attached hydrogens (tertiary/aromatic N) is 1. The molecular weight excluding hydrogens is 184 g/mol. The SMILES string of the molecule is c1ccc(N2CCc3[nH]ccc3C2)cc1. The van der Waals surface area contributed by atoms with Crippen LogP contribution < -0.4 is 4.90 Å². The molecule has 1 aromatic carbocycles. The van der Waals surface area contributed by atoms with E-state index in [1.54, 1.807) is 0 Å². The van der Waals surface area contributed by atoms with Crippen molar-refractivity contribution in [2.45, 2.75) is 13.0 Å². The third-order valence-corrected chi connectivity index (χ3v) is 3.04. The van der Waals surface area contributed by atoms with E-state index >= 15 is 0 Å². The summed E-state index contributed by atoms with van der Waals surface area (Å²) in [6, 6.07) is 12.8. The molecule has 1 aromatic heterocycles. The molecule has 2 heteroatoms. The summed E-state index contributed by atoms with van der Waals surface area (Å²) in [5.41, 5.74) is 4.16. The third kappa shape index (κ3) is 1.52. The van der Waals surface area contributed by atoms with Crippen LogP contribution in [-0.4, -0.2) is 11.5 Å². The van der Waals surface area contributed by atoms with E-state index in [4.69, 9.17) is 0 Å². The Morgan fingerprint density at radius 1 is 1.07 bits per heavy atom. The fourth-order valence-corrected chi connectivity index (χ4v) is 2.21. The van der Waals surface area contributed by atoms with Gasteiger partial charge in [0.1, 0.15) is 0 Å². The molecule has 0 radical (unpaired) electrons. The van der Waals surface area contributed by atoms with Crippen LogP contribution in [0.3, 0.4) is 0 Å². The van der Waals surface area contributed by atoms with Gasteiger partial charge in [-0.1, -0.05) is 18.2 Å². The highest BCUT2D eigenvalue weighted by Gasteiger charge is 2.16. The van der Waals surface area contributed by atoms with Crippen LogP contribution in [-0.2, 0) is 13.0 Å². The minimum absolute atomic E-state index is 1.03. The molecule has 0 atom stereocenters. The molecule has 2 heterocycles. The maximum Gasteiger partial charge on any atom is 0.0447 e. The molecule has 2 aromatic rings. The molecular formula is C13H14N2. The maximum atomic E-state index is 3.30. The summed E-state index contributed by atoms with van der Waals surface area (Å²) in [4.78, 5) is 5.73. The number of aromatic amines is 1. The van der Waals surface area contributed by atoms with Crippen LogP contribution in [0.25, 0.3) is 0 Å². The smallest absolute Gasteiger partial charge is 0.0447 e. The van der Waals surface area contributed by atoms with Crippen LogP contribution >= 0.6 is 0 Å². The first-order valence-electron chi connectivity index (χ1n) is 5.38. The Hall–Kier alpha value is -1.70. The zero-order chi connectivity index (χ0) is 10.1. The maximum absolute atomic E-state index is 3.30. The number of rotatable bonds is 1. The number of benzene rings is 1. The number of nitrogens with one attached hydrogen (secondary N) is 1. The average molecular weight is 198 g/mol. The van der Waals surface area contributed by atoms with Crippen molar-refractivity contribution in [3.63, 3.8) is 0 Å². The topological polar surface area (TPSA) is 19.0 Å². The fourth-order valence-electron chi connectivity index (χ4n) is 2.21. The molecule has 0 spiro atoms. The van der Waals surface area contributed by atoms with Gasteiger partial charge in [-0.25, -0.2) is 0 Å². The molecule has 0 bridgehead atoms. The molecule has 0 saturated heterocycles. The number of para-hydroxylation sites is 1. The zero-order valence-corrected chi connectivity index (χ0v) is 8.61. The molecule has 0 saturated carbocycles. The second-order valence-corrected chi connectivity index (χ2v) is 3.99. The Morgan fingerprint density at radius 2 is 1.93 bits per heavy atom. The first kappa shape index (κ1) is 8.60. The van der Waals surface area contributed by atoms with Crippen molar-refractivity contribution in [2.75, 3.05) is 11.4 Å². The quantitative estimate of drug-likeness (QED) is 0.746. The number of H-pyrrole nitrogens is 1. The van der Waals surface area contributed by atoms with Crippen molar-refractivity contribution in [1.29, 1.82) is 0 Å². The van der Waals surface area contributed by atoms with E-state index in [0.717, 1.165) is 19.5 Å². The summed E-state index contributed by atoms with van der Waals surface area (Å²) < 4.78 is 0. The number of aromatic nitrogens is 1. The van der Waals surface area contributed by atoms with Gasteiger partial charge in [-0.3, -0.25) is 0 Å². The normalized spacial score (nSPS) is 15.1. The summed E-state index contributed by atoms with van der Waals surface area (Å²) >= 11 is 0. The van der Waals surface area contributed by atoms with Crippen molar-refractivity contribution in [1.82, 2.24) is 4.98 Å². The molecule has 1 aliphatic rings. The van der Waals surface area contributed by atoms with Crippen molar-refractivity contribution < 1.29 is 0 Å². The van der Waals surface area contributed by atoms with E-state index < -0.39 is 0 Å². The highest BCUT2D eigenvalue weighted by Crippen LogP contribution is 2.22. The van der Waals surface area contributed by atoms with Gasteiger partial charge < -0.3 is 9.88 Å². The summed E-state index contributed by atoms with van der Waals surface area (Å²) in [5.74, 6) is 0. The van der Waals surface area contributed by atoms with Crippen molar-refractivity contribution in [2.24, 2.45) is 0 Å².